The van der Waals surface area contributed by atoms with E-state index in [4.69, 9.17) is 80.2 Å². The number of aliphatic hydroxyl groups excluding tert-OH is 20. The van der Waals surface area contributed by atoms with E-state index in [2.05, 4.69) is 0 Å². The monoisotopic (exact) mass is 1760 g/mol. The molecule has 124 heavy (non-hydrogen) atoms. The summed E-state index contributed by atoms with van der Waals surface area (Å²) in [4.78, 5) is 39.7. The van der Waals surface area contributed by atoms with E-state index in [0.29, 0.717) is 0 Å². The second-order valence-electron chi connectivity index (χ2n) is 29.1. The first-order valence-electron chi connectivity index (χ1n) is 37.9. The first-order valence-corrected chi connectivity index (χ1v) is 37.9. The Kier molecular flexibility index (Phi) is 30.3. The minimum Gasteiger partial charge on any atom is -0.507 e. The molecule has 12 rings (SSSR count). The summed E-state index contributed by atoms with van der Waals surface area (Å²) < 4.78 is 96.9. The minimum absolute atomic E-state index is 0.00280. The molecule has 25 N–H and O–H groups in total. The molecule has 7 heterocycles. The molecule has 0 saturated carbocycles. The van der Waals surface area contributed by atoms with Gasteiger partial charge in [0.15, 0.2) is 58.4 Å². The van der Waals surface area contributed by atoms with Crippen molar-refractivity contribution in [2.24, 2.45) is 0 Å². The van der Waals surface area contributed by atoms with E-state index >= 15 is 0 Å². The van der Waals surface area contributed by atoms with Crippen molar-refractivity contribution in [3.8, 4) is 74.6 Å². The highest BCUT2D eigenvalue weighted by Gasteiger charge is 2.55. The zero-order chi connectivity index (χ0) is 89.6. The largest absolute Gasteiger partial charge is 0.507 e. The van der Waals surface area contributed by atoms with Crippen molar-refractivity contribution in [2.75, 3.05) is 46.8 Å². The Morgan fingerprint density at radius 1 is 0.339 bits per heavy atom. The molecule has 676 valence electrons. The third kappa shape index (κ3) is 21.0. The van der Waals surface area contributed by atoms with E-state index in [9.17, 15) is 142 Å². The van der Waals surface area contributed by atoms with Crippen LogP contribution in [0.1, 0.15) is 16.7 Å². The van der Waals surface area contributed by atoms with Gasteiger partial charge in [0, 0.05) is 36.4 Å². The van der Waals surface area contributed by atoms with Crippen LogP contribution in [0.4, 0.5) is 0 Å². The first kappa shape index (κ1) is 93.0. The van der Waals surface area contributed by atoms with Gasteiger partial charge in [0.25, 0.3) is 0 Å². The number of phenolic OH excluding ortho intramolecular Hbond substituents is 5. The summed E-state index contributed by atoms with van der Waals surface area (Å²) in [5.41, 5.74) is 0.109. The fourth-order valence-electron chi connectivity index (χ4n) is 13.6. The Balaban J connectivity index is 0.738. The smallest absolute Gasteiger partial charge is 0.402 e. The number of benzene rings is 5. The fraction of sp³-hybridized carbons (Fsp3) is 0.468. The molecule has 0 bridgehead atoms. The molecule has 45 heteroatoms. The predicted molar refractivity (Wildman–Crippen MR) is 404 cm³/mol. The van der Waals surface area contributed by atoms with Gasteiger partial charge >= 0.3 is 29.3 Å². The molecule has 5 aromatic carbocycles. The number of esters is 3. The zero-order valence-corrected chi connectivity index (χ0v) is 64.5. The number of methoxy groups -OCH3 is 1. The highest BCUT2D eigenvalue weighted by molar-refractivity contribution is 5.90. The summed E-state index contributed by atoms with van der Waals surface area (Å²) in [6.07, 6.45) is -50.4. The van der Waals surface area contributed by atoms with E-state index in [1.807, 2.05) is 0 Å². The molecule has 1 aromatic heterocycles. The van der Waals surface area contributed by atoms with Crippen molar-refractivity contribution >= 4 is 47.1 Å². The number of fused-ring (bicyclic) bond motifs is 1. The molecular weight excluding hydrogens is 1670 g/mol. The first-order chi connectivity index (χ1) is 59.1. The van der Waals surface area contributed by atoms with Gasteiger partial charge in [-0.2, -0.15) is 0 Å². The lowest BCUT2D eigenvalue weighted by Crippen LogP contribution is -2.65. The van der Waals surface area contributed by atoms with Crippen molar-refractivity contribution in [3.05, 3.63) is 126 Å². The number of carbonyl (C=O) groups excluding carboxylic acids is 3. The molecular formula is C79H91O45+. The summed E-state index contributed by atoms with van der Waals surface area (Å²) in [5.74, 6) is -8.52. The molecule has 6 aromatic rings. The third-order valence-electron chi connectivity index (χ3n) is 20.6. The van der Waals surface area contributed by atoms with Crippen LogP contribution < -0.4 is 28.4 Å². The molecule has 0 spiro atoms. The number of ether oxygens (including phenoxy) is 16. The molecule has 0 aliphatic carbocycles. The van der Waals surface area contributed by atoms with Crippen molar-refractivity contribution in [1.82, 2.24) is 0 Å². The lowest BCUT2D eigenvalue weighted by atomic mass is 9.97. The second-order valence-corrected chi connectivity index (χ2v) is 29.1. The van der Waals surface area contributed by atoms with Crippen LogP contribution in [0, 0.1) is 0 Å². The van der Waals surface area contributed by atoms with Crippen LogP contribution in [0.15, 0.2) is 114 Å². The Labute approximate surface area is 698 Å². The van der Waals surface area contributed by atoms with Crippen LogP contribution in [-0.2, 0) is 61.8 Å². The van der Waals surface area contributed by atoms with E-state index in [-0.39, 0.29) is 56.2 Å². The van der Waals surface area contributed by atoms with Crippen LogP contribution in [0.25, 0.3) is 40.5 Å². The zero-order valence-electron chi connectivity index (χ0n) is 64.5. The van der Waals surface area contributed by atoms with Crippen LogP contribution in [0.5, 0.6) is 63.2 Å². The van der Waals surface area contributed by atoms with Crippen molar-refractivity contribution in [2.45, 2.75) is 184 Å². The maximum atomic E-state index is 13.6. The van der Waals surface area contributed by atoms with E-state index < -0.39 is 288 Å². The summed E-state index contributed by atoms with van der Waals surface area (Å²) in [7, 11) is 1.20. The predicted octanol–water partition coefficient (Wildman–Crippen LogP) is -6.57. The quantitative estimate of drug-likeness (QED) is 0.00898. The molecule has 6 aliphatic heterocycles. The summed E-state index contributed by atoms with van der Waals surface area (Å²) in [6.45, 7) is -5.06. The molecule has 6 aliphatic rings. The number of rotatable bonds is 29. The van der Waals surface area contributed by atoms with Gasteiger partial charge in [-0.25, -0.2) is 18.8 Å². The van der Waals surface area contributed by atoms with Crippen LogP contribution in [0.3, 0.4) is 0 Å². The fourth-order valence-corrected chi connectivity index (χ4v) is 13.6. The standard InChI is InChI=1S/C79H90O45/c1-108-44-19-32(8-9-35(44)84)72-45(22-34-42(112-72)20-33(83)21-43(34)116-77-69(105)63(99)57(93)48(25-82)120-77)117-79-73(124-78-71(107)65(101)59(95)50(122-78)27-110-53(89)14-6-30-3-11-40(37(86)17-30)114-75-68(104)62(98)56(92)47(24-81)119-75)66(102)60(96)51(123-79)28-111-54(90)15-7-31-4-12-41(38(87)18-31)115-76-70(106)64(100)58(94)49(121-76)26-109-52(88)13-5-29-2-10-39(36(85)16-29)113-74-67(103)61(97)55(91)46(23-80)118-74/h2-22,46-51,55-71,73-82,91-107H,23-28H2,1H3,(H4-,83,84,85,86,87)/p+1/b13-5-,14-6-,15-7+/t46-,47-,48-,49-,50+,51+,55-,56-,57-,58-,59+,60+,61+,62+,63+,64+,65-,66-,67-,68-,69-,70-,71+,73+,74-,75-,76-,77-,78-,79+/m1/s1. The lowest BCUT2D eigenvalue weighted by Gasteiger charge is -2.45. The average molecular weight is 1760 g/mol. The number of phenols is 5. The molecule has 30 atom stereocenters. The Hall–Kier alpha value is -10.1. The van der Waals surface area contributed by atoms with Gasteiger partial charge in [0.05, 0.1) is 38.6 Å². The highest BCUT2D eigenvalue weighted by Crippen LogP contribution is 2.45. The molecule has 0 unspecified atom stereocenters. The summed E-state index contributed by atoms with van der Waals surface area (Å²) in [5, 5.41) is 267. The maximum absolute atomic E-state index is 13.6. The van der Waals surface area contributed by atoms with Crippen molar-refractivity contribution < 1.29 is 222 Å². The van der Waals surface area contributed by atoms with Crippen molar-refractivity contribution in [3.63, 3.8) is 0 Å². The second kappa shape index (κ2) is 40.4. The van der Waals surface area contributed by atoms with Gasteiger partial charge in [0.1, 0.15) is 177 Å². The van der Waals surface area contributed by atoms with Gasteiger partial charge in [-0.1, -0.05) is 18.2 Å². The molecule has 0 amide bonds. The summed E-state index contributed by atoms with van der Waals surface area (Å²) in [6, 6.07) is 17.6. The molecule has 0 radical (unpaired) electrons. The number of carbonyl (C=O) groups is 3. The number of hydrogen-bond acceptors (Lipinski definition) is 44. The number of aliphatic hydroxyl groups is 20. The number of aromatic hydroxyl groups is 5. The van der Waals surface area contributed by atoms with Gasteiger partial charge in [-0.15, -0.1) is 0 Å². The molecule has 6 fully saturated rings. The average Bonchev–Trinajstić information content (AvgIpc) is 0.759. The van der Waals surface area contributed by atoms with Crippen LogP contribution >= 0.6 is 0 Å². The van der Waals surface area contributed by atoms with E-state index in [1.54, 1.807) is 0 Å². The lowest BCUT2D eigenvalue weighted by molar-refractivity contribution is -0.358. The Bertz CT molecular complexity index is 4750. The third-order valence-corrected chi connectivity index (χ3v) is 20.6. The van der Waals surface area contributed by atoms with Gasteiger partial charge < -0.3 is 203 Å². The Morgan fingerprint density at radius 3 is 1.06 bits per heavy atom. The normalized spacial score (nSPS) is 34.0. The minimum atomic E-state index is -2.32. The van der Waals surface area contributed by atoms with Gasteiger partial charge in [-0.05, 0) is 83.4 Å². The topological polar surface area (TPSA) is 716 Å². The molecule has 6 saturated heterocycles. The van der Waals surface area contributed by atoms with Gasteiger partial charge in [-0.3, -0.25) is 0 Å². The maximum Gasteiger partial charge on any atom is 0.402 e. The van der Waals surface area contributed by atoms with Gasteiger partial charge in [0.2, 0.25) is 37.2 Å². The Morgan fingerprint density at radius 2 is 0.677 bits per heavy atom. The summed E-state index contributed by atoms with van der Waals surface area (Å²) >= 11 is 0. The van der Waals surface area contributed by atoms with E-state index in [0.717, 1.165) is 72.8 Å². The SMILES string of the molecule is COc1cc(-c2[o+]c3cc(O)cc(O[C@@H]4O[C@H](CO)[C@@H](O)[C@H](O)[C@H]4O)c3cc2O[C@H]2O[C@@H](COC(=O)/C=C/c3ccc(O[C@@H]4O[C@H](COC(=O)/C=C\c5ccc(O[C@@H]6O[C@H](CO)[C@@H](O)[C@H](O)[C@H]6O)c(O)c5)[C@@H](O)[C@H](O)[C@H]4O)c(O)c3)[C@H](O)[C@@H](O)[C@@H]2O[C@H]2O[C@@H](COC(=O)/C=C\c3ccc(O[C@@H]4O[C@H](CO)[C@@H](O)[C@H](O)[C@H]4O)c(O)c3)[C@H](O)[C@@H](O)[C@@H]2O)ccc1O. The highest BCUT2D eigenvalue weighted by atomic mass is 16.8. The van der Waals surface area contributed by atoms with Crippen LogP contribution in [0.2, 0.25) is 0 Å². The number of hydrogen-bond donors (Lipinski definition) is 25. The molecule has 45 nitrogen and oxygen atoms in total. The van der Waals surface area contributed by atoms with Crippen LogP contribution in [-0.4, -0.2) is 377 Å². The van der Waals surface area contributed by atoms with Crippen molar-refractivity contribution in [1.29, 1.82) is 0 Å². The van der Waals surface area contributed by atoms with E-state index in [1.165, 1.54) is 61.7 Å².